The lowest BCUT2D eigenvalue weighted by Gasteiger charge is -2.27. The summed E-state index contributed by atoms with van der Waals surface area (Å²) >= 11 is 0. The van der Waals surface area contributed by atoms with E-state index in [1.807, 2.05) is 6.20 Å². The summed E-state index contributed by atoms with van der Waals surface area (Å²) < 4.78 is 7.47. The van der Waals surface area contributed by atoms with Crippen LogP contribution in [0.3, 0.4) is 0 Å². The van der Waals surface area contributed by atoms with Crippen LogP contribution < -0.4 is 4.74 Å². The average Bonchev–Trinajstić information content (AvgIpc) is 3.86. The van der Waals surface area contributed by atoms with Crippen molar-refractivity contribution in [3.05, 3.63) is 276 Å². The molecule has 0 N–H and O–H groups in total. The Bertz CT molecular complexity index is 4010. The number of hydrogen-bond donors (Lipinski definition) is 0. The van der Waals surface area contributed by atoms with Gasteiger partial charge in [-0.25, -0.2) is 4.98 Å². The molecule has 0 saturated heterocycles. The summed E-state index contributed by atoms with van der Waals surface area (Å²) in [4.78, 5) is 10.4. The van der Waals surface area contributed by atoms with Gasteiger partial charge in [0.1, 0.15) is 11.9 Å². The molecule has 3 aliphatic carbocycles. The fraction of sp³-hybridized carbons (Fsp3) is 0.0986. The van der Waals surface area contributed by atoms with Gasteiger partial charge in [-0.05, 0) is 121 Å². The molecule has 0 radical (unpaired) electrons. The van der Waals surface area contributed by atoms with Crippen molar-refractivity contribution in [1.82, 2.24) is 9.97 Å². The Morgan fingerprint density at radius 2 is 1.01 bits per heavy atom. The van der Waals surface area contributed by atoms with Crippen LogP contribution in [0.5, 0.6) is 5.75 Å². The van der Waals surface area contributed by atoms with E-state index in [9.17, 15) is 0 Å². The SMILES string of the molecule is CC1CC=CC=C1C1=CC=C(c2cc(-c3ccc(-c4ccccc4)cc3)cc3c2OC2C3=CC(c3ccc(-c4ccccc4)cc3)=CC2c2ccc(-c3cnc4c5ccccc5c5ccccc5c4n3)cc2)CC1. The first-order valence-electron chi connectivity index (χ1n) is 26.1. The van der Waals surface area contributed by atoms with Crippen LogP contribution in [0, 0.1) is 5.92 Å². The molecule has 1 aromatic heterocycles. The first kappa shape index (κ1) is 43.8. The lowest BCUT2D eigenvalue weighted by molar-refractivity contribution is 0.258. The van der Waals surface area contributed by atoms with Gasteiger partial charge in [-0.2, -0.15) is 0 Å². The largest absolute Gasteiger partial charge is 0.483 e. The zero-order chi connectivity index (χ0) is 49.1. The third-order valence-corrected chi connectivity index (χ3v) is 15.9. The van der Waals surface area contributed by atoms with Gasteiger partial charge in [-0.15, -0.1) is 0 Å². The topological polar surface area (TPSA) is 35.0 Å². The van der Waals surface area contributed by atoms with Crippen molar-refractivity contribution in [2.75, 3.05) is 0 Å². The third kappa shape index (κ3) is 7.75. The maximum Gasteiger partial charge on any atom is 0.135 e. The normalized spacial score (nSPS) is 18.0. The predicted molar refractivity (Wildman–Crippen MR) is 309 cm³/mol. The molecule has 352 valence electrons. The van der Waals surface area contributed by atoms with Crippen molar-refractivity contribution in [3.8, 4) is 50.4 Å². The van der Waals surface area contributed by atoms with Crippen LogP contribution in [-0.4, -0.2) is 16.1 Å². The third-order valence-electron chi connectivity index (χ3n) is 15.9. The lowest BCUT2D eigenvalue weighted by Crippen LogP contribution is -2.24. The van der Waals surface area contributed by atoms with Crippen molar-refractivity contribution in [3.63, 3.8) is 0 Å². The summed E-state index contributed by atoms with van der Waals surface area (Å²) in [5.41, 5.74) is 22.3. The van der Waals surface area contributed by atoms with Gasteiger partial charge < -0.3 is 4.74 Å². The number of nitrogens with zero attached hydrogens (tertiary/aromatic N) is 2. The van der Waals surface area contributed by atoms with E-state index in [1.54, 1.807) is 0 Å². The highest BCUT2D eigenvalue weighted by molar-refractivity contribution is 6.23. The summed E-state index contributed by atoms with van der Waals surface area (Å²) in [7, 11) is 0. The molecule has 0 amide bonds. The van der Waals surface area contributed by atoms with E-state index < -0.39 is 0 Å². The number of rotatable bonds is 8. The van der Waals surface area contributed by atoms with Gasteiger partial charge in [0.2, 0.25) is 0 Å². The first-order chi connectivity index (χ1) is 36.6. The van der Waals surface area contributed by atoms with Gasteiger partial charge in [0, 0.05) is 39.0 Å². The molecule has 4 aliphatic rings. The number of aromatic nitrogens is 2. The number of fused-ring (bicyclic) bond motifs is 9. The fourth-order valence-corrected chi connectivity index (χ4v) is 12.0. The zero-order valence-electron chi connectivity index (χ0n) is 41.3. The fourth-order valence-electron chi connectivity index (χ4n) is 12.0. The van der Waals surface area contributed by atoms with E-state index in [4.69, 9.17) is 14.7 Å². The maximum absolute atomic E-state index is 7.47. The van der Waals surface area contributed by atoms with E-state index in [-0.39, 0.29) is 12.0 Å². The maximum atomic E-state index is 7.47. The molecule has 1 aliphatic heterocycles. The van der Waals surface area contributed by atoms with Gasteiger partial charge in [0.05, 0.1) is 22.9 Å². The second kappa shape index (κ2) is 18.3. The number of hydrogen-bond acceptors (Lipinski definition) is 3. The van der Waals surface area contributed by atoms with E-state index >= 15 is 0 Å². The summed E-state index contributed by atoms with van der Waals surface area (Å²) in [5.74, 6) is 1.43. The van der Waals surface area contributed by atoms with Crippen LogP contribution in [0.25, 0.3) is 93.9 Å². The summed E-state index contributed by atoms with van der Waals surface area (Å²) in [5, 5.41) is 4.62. The molecule has 10 aromatic rings. The molecule has 3 heteroatoms. The highest BCUT2D eigenvalue weighted by Crippen LogP contribution is 2.53. The van der Waals surface area contributed by atoms with Gasteiger partial charge in [0.15, 0.2) is 0 Å². The quantitative estimate of drug-likeness (QED) is 0.142. The van der Waals surface area contributed by atoms with Crippen molar-refractivity contribution < 1.29 is 4.74 Å². The summed E-state index contributed by atoms with van der Waals surface area (Å²) in [6.45, 7) is 2.35. The Labute approximate surface area is 432 Å². The highest BCUT2D eigenvalue weighted by Gasteiger charge is 2.40. The molecule has 0 bridgehead atoms. The molecule has 3 unspecified atom stereocenters. The minimum absolute atomic E-state index is 0.0701. The van der Waals surface area contributed by atoms with Crippen LogP contribution in [0.4, 0.5) is 0 Å². The summed E-state index contributed by atoms with van der Waals surface area (Å²) in [6.07, 6.45) is 21.2. The second-order valence-electron chi connectivity index (χ2n) is 20.3. The lowest BCUT2D eigenvalue weighted by atomic mass is 9.79. The monoisotopic (exact) mass is 948 g/mol. The van der Waals surface area contributed by atoms with Gasteiger partial charge >= 0.3 is 0 Å². The van der Waals surface area contributed by atoms with E-state index in [0.29, 0.717) is 5.92 Å². The average molecular weight is 949 g/mol. The Hall–Kier alpha value is -8.92. The molecule has 0 saturated carbocycles. The molecule has 0 spiro atoms. The first-order valence-corrected chi connectivity index (χ1v) is 26.1. The van der Waals surface area contributed by atoms with Crippen LogP contribution >= 0.6 is 0 Å². The Balaban J connectivity index is 0.888. The molecule has 74 heavy (non-hydrogen) atoms. The molecule has 2 heterocycles. The molecule has 0 fully saturated rings. The molecule has 9 aromatic carbocycles. The minimum atomic E-state index is -0.229. The van der Waals surface area contributed by atoms with Crippen LogP contribution in [0.15, 0.2) is 254 Å². The molecular weight excluding hydrogens is 897 g/mol. The van der Waals surface area contributed by atoms with E-state index in [0.717, 1.165) is 58.1 Å². The molecule has 14 rings (SSSR count). The smallest absolute Gasteiger partial charge is 0.135 e. The van der Waals surface area contributed by atoms with Crippen molar-refractivity contribution >= 4 is 49.3 Å². The van der Waals surface area contributed by atoms with Gasteiger partial charge in [-0.1, -0.05) is 225 Å². The summed E-state index contributed by atoms with van der Waals surface area (Å²) in [6, 6.07) is 70.3. The van der Waals surface area contributed by atoms with Crippen molar-refractivity contribution in [1.29, 1.82) is 0 Å². The van der Waals surface area contributed by atoms with Crippen molar-refractivity contribution in [2.24, 2.45) is 5.92 Å². The molecular formula is C71H52N2O. The minimum Gasteiger partial charge on any atom is -0.483 e. The molecule has 3 nitrogen and oxygen atoms in total. The van der Waals surface area contributed by atoms with Crippen LogP contribution in [0.1, 0.15) is 54.4 Å². The van der Waals surface area contributed by atoms with Crippen LogP contribution in [0.2, 0.25) is 0 Å². The van der Waals surface area contributed by atoms with Gasteiger partial charge in [-0.3, -0.25) is 4.98 Å². The van der Waals surface area contributed by atoms with Crippen LogP contribution in [-0.2, 0) is 0 Å². The van der Waals surface area contributed by atoms with Gasteiger partial charge in [0.25, 0.3) is 0 Å². The van der Waals surface area contributed by atoms with E-state index in [1.165, 1.54) is 94.3 Å². The standard InChI is InChI=1S/C71H52N2O/c1-45-14-8-9-19-58(45)52-32-34-53(35-33-52)63-40-56(50-28-24-48(25-29-50)46-15-4-2-5-16-46)42-65-66-43-57(51-30-26-49(27-31-51)47-17-6-3-7-18-47)41-64(71(66)74-70(63)65)54-36-38-55(39-37-54)67-44-72-68-61-22-12-10-20-59(61)60-21-11-13-23-62(60)69(68)73-67/h2-13,15-32,34,36-45,64,71H,14,33,35H2,1H3. The number of allylic oxidation sites excluding steroid dienone is 10. The molecule has 3 atom stereocenters. The highest BCUT2D eigenvalue weighted by atomic mass is 16.5. The zero-order valence-corrected chi connectivity index (χ0v) is 41.3. The number of ether oxygens (including phenoxy) is 1. The Morgan fingerprint density at radius 1 is 0.473 bits per heavy atom. The predicted octanol–water partition coefficient (Wildman–Crippen LogP) is 18.3. The van der Waals surface area contributed by atoms with Crippen molar-refractivity contribution in [2.45, 2.75) is 38.2 Å². The Morgan fingerprint density at radius 3 is 1.65 bits per heavy atom. The Kier molecular flexibility index (Phi) is 10.8. The number of benzene rings is 9. The van der Waals surface area contributed by atoms with E-state index in [2.05, 4.69) is 244 Å². The second-order valence-corrected chi connectivity index (χ2v) is 20.3.